The van der Waals surface area contributed by atoms with Gasteiger partial charge in [0.05, 0.1) is 0 Å². The number of halogens is 1. The summed E-state index contributed by atoms with van der Waals surface area (Å²) in [7, 11) is 5.24. The van der Waals surface area contributed by atoms with E-state index in [9.17, 15) is 9.59 Å². The molecule has 0 fully saturated rings. The van der Waals surface area contributed by atoms with Crippen LogP contribution in [-0.2, 0) is 4.79 Å². The van der Waals surface area contributed by atoms with Crippen LogP contribution in [0.15, 0.2) is 18.2 Å². The van der Waals surface area contributed by atoms with Crippen molar-refractivity contribution < 1.29 is 14.3 Å². The minimum absolute atomic E-state index is 0.0585. The lowest BCUT2D eigenvalue weighted by molar-refractivity contribution is -0.130. The van der Waals surface area contributed by atoms with Crippen molar-refractivity contribution in [3.63, 3.8) is 0 Å². The van der Waals surface area contributed by atoms with Crippen LogP contribution in [0, 0.1) is 12.8 Å². The van der Waals surface area contributed by atoms with Crippen LogP contribution in [0.4, 0.5) is 10.5 Å². The lowest BCUT2D eigenvalue weighted by atomic mass is 10.0. The van der Waals surface area contributed by atoms with Gasteiger partial charge in [-0.3, -0.25) is 4.79 Å². The van der Waals surface area contributed by atoms with Crippen LogP contribution in [0.5, 0.6) is 5.75 Å². The number of hydrogen-bond donors (Lipinski definition) is 1. The van der Waals surface area contributed by atoms with Gasteiger partial charge in [0.25, 0.3) is 0 Å². The highest BCUT2D eigenvalue weighted by Gasteiger charge is 2.29. The zero-order valence-electron chi connectivity index (χ0n) is 14.4. The zero-order valence-corrected chi connectivity index (χ0v) is 15.1. The molecule has 1 aromatic carbocycles. The Labute approximate surface area is 142 Å². The van der Waals surface area contributed by atoms with E-state index in [2.05, 4.69) is 4.84 Å². The zero-order chi connectivity index (χ0) is 17.7. The average Bonchev–Trinajstić information content (AvgIpc) is 2.46. The second kappa shape index (κ2) is 8.17. The number of hydrogen-bond acceptors (Lipinski definition) is 5. The number of imide groups is 1. The van der Waals surface area contributed by atoms with Crippen molar-refractivity contribution in [2.24, 2.45) is 5.92 Å². The molecule has 0 aliphatic rings. The highest BCUT2D eigenvalue weighted by Crippen LogP contribution is 2.23. The van der Waals surface area contributed by atoms with Gasteiger partial charge in [0, 0.05) is 26.8 Å². The highest BCUT2D eigenvalue weighted by molar-refractivity contribution is 6.15. The third kappa shape index (κ3) is 4.84. The van der Waals surface area contributed by atoms with Crippen molar-refractivity contribution >= 4 is 29.5 Å². The van der Waals surface area contributed by atoms with Crippen molar-refractivity contribution in [3.05, 3.63) is 23.8 Å². The first-order valence-corrected chi connectivity index (χ1v) is 7.70. The van der Waals surface area contributed by atoms with Gasteiger partial charge in [-0.05, 0) is 48.4 Å². The number of carbonyl (C=O) groups is 2. The predicted molar refractivity (Wildman–Crippen MR) is 91.9 cm³/mol. The average molecular weight is 342 g/mol. The van der Waals surface area contributed by atoms with Crippen LogP contribution in [0.2, 0.25) is 0 Å². The van der Waals surface area contributed by atoms with E-state index in [0.29, 0.717) is 5.75 Å². The van der Waals surface area contributed by atoms with Gasteiger partial charge in [0.2, 0.25) is 5.91 Å². The Morgan fingerprint density at radius 3 is 2.26 bits per heavy atom. The molecule has 2 amide bonds. The quantitative estimate of drug-likeness (QED) is 0.834. The molecular weight excluding hydrogens is 318 g/mol. The molecule has 7 heteroatoms. The van der Waals surface area contributed by atoms with Gasteiger partial charge < -0.3 is 9.64 Å². The fourth-order valence-corrected chi connectivity index (χ4v) is 2.46. The molecule has 1 aromatic rings. The number of likely N-dealkylation sites (N-methyl/N-ethyl adjacent to an activating group) is 1. The van der Waals surface area contributed by atoms with Crippen molar-refractivity contribution in [3.8, 4) is 5.75 Å². The molecule has 0 radical (unpaired) electrons. The van der Waals surface area contributed by atoms with E-state index in [0.717, 1.165) is 16.2 Å². The van der Waals surface area contributed by atoms with Crippen LogP contribution in [0.3, 0.4) is 0 Å². The molecule has 1 atom stereocenters. The van der Waals surface area contributed by atoms with Gasteiger partial charge in [-0.25, -0.2) is 14.5 Å². The lowest BCUT2D eigenvalue weighted by Gasteiger charge is -2.23. The molecule has 0 bridgehead atoms. The summed E-state index contributed by atoms with van der Waals surface area (Å²) in [6, 6.07) is 4.65. The molecule has 0 unspecified atom stereocenters. The third-order valence-corrected chi connectivity index (χ3v) is 3.75. The molecule has 1 rings (SSSR count). The number of carbonyl (C=O) groups excluding carboxylic acids is 2. The molecule has 0 aromatic heterocycles. The first kappa shape index (κ1) is 19.3. The van der Waals surface area contributed by atoms with E-state index in [1.165, 1.54) is 7.05 Å². The maximum Gasteiger partial charge on any atom is 0.421 e. The molecule has 0 saturated heterocycles. The number of nitrogens with one attached hydrogen (secondary N) is 1. The Morgan fingerprint density at radius 1 is 1.22 bits per heavy atom. The van der Waals surface area contributed by atoms with Crippen molar-refractivity contribution in [1.29, 1.82) is 0 Å². The minimum atomic E-state index is -0.746. The number of anilines is 1. The van der Waals surface area contributed by atoms with Crippen molar-refractivity contribution in [2.45, 2.75) is 26.8 Å². The number of amides is 2. The molecule has 1 N–H and O–H groups in total. The first-order chi connectivity index (χ1) is 10.7. The van der Waals surface area contributed by atoms with E-state index in [1.54, 1.807) is 12.1 Å². The molecule has 0 heterocycles. The van der Waals surface area contributed by atoms with E-state index in [-0.39, 0.29) is 5.92 Å². The Morgan fingerprint density at radius 2 is 1.83 bits per heavy atom. The number of rotatable bonds is 5. The Kier molecular flexibility index (Phi) is 6.84. The summed E-state index contributed by atoms with van der Waals surface area (Å²) in [6.07, 6.45) is -0.746. The fourth-order valence-electron chi connectivity index (χ4n) is 2.12. The smallest absolute Gasteiger partial charge is 0.410 e. The van der Waals surface area contributed by atoms with E-state index < -0.39 is 18.0 Å². The molecule has 0 aliphatic carbocycles. The Bertz CT molecular complexity index is 576. The normalized spacial score (nSPS) is 12.0. The molecule has 0 saturated carbocycles. The van der Waals surface area contributed by atoms with E-state index in [4.69, 9.17) is 16.5 Å². The van der Waals surface area contributed by atoms with Gasteiger partial charge in [-0.2, -0.15) is 0 Å². The van der Waals surface area contributed by atoms with Crippen LogP contribution in [0.25, 0.3) is 0 Å². The molecular formula is C16H24ClN3O3. The Hall–Kier alpha value is -1.79. The summed E-state index contributed by atoms with van der Waals surface area (Å²) in [5.74, 6) is -0.115. The number of nitrogens with zero attached hydrogens (tertiary/aromatic N) is 2. The van der Waals surface area contributed by atoms with Gasteiger partial charge in [-0.1, -0.05) is 13.8 Å². The lowest BCUT2D eigenvalue weighted by Crippen LogP contribution is -2.48. The van der Waals surface area contributed by atoms with Crippen LogP contribution >= 0.6 is 11.8 Å². The molecule has 0 spiro atoms. The molecule has 128 valence electrons. The number of ether oxygens (including phenoxy) is 1. The fraction of sp³-hybridized carbons (Fsp3) is 0.500. The summed E-state index contributed by atoms with van der Waals surface area (Å²) in [5.41, 5.74) is 2.00. The third-order valence-electron chi connectivity index (χ3n) is 3.51. The van der Waals surface area contributed by atoms with Gasteiger partial charge in [-0.15, -0.1) is 0 Å². The first-order valence-electron chi connectivity index (χ1n) is 7.32. The standard InChI is InChI=1S/C16H24ClN3O3/c1-10(2)14(18-17)15(21)20(6)16(22)23-12-7-8-13(19(4)5)11(3)9-12/h7-10,14,18H,1-6H3/t14-/m0/s1. The SMILES string of the molecule is Cc1cc(OC(=O)N(C)C(=O)[C@@H](NCl)C(C)C)ccc1N(C)C. The largest absolute Gasteiger partial charge is 0.421 e. The number of benzene rings is 1. The summed E-state index contributed by atoms with van der Waals surface area (Å²) in [5, 5.41) is 0. The maximum absolute atomic E-state index is 12.2. The maximum atomic E-state index is 12.2. The van der Waals surface area contributed by atoms with Crippen LogP contribution in [0.1, 0.15) is 19.4 Å². The monoisotopic (exact) mass is 341 g/mol. The molecule has 6 nitrogen and oxygen atoms in total. The van der Waals surface area contributed by atoms with Gasteiger partial charge in [0.15, 0.2) is 0 Å². The number of aryl methyl sites for hydroxylation is 1. The topological polar surface area (TPSA) is 61.9 Å². The highest BCUT2D eigenvalue weighted by atomic mass is 35.5. The van der Waals surface area contributed by atoms with Crippen LogP contribution in [-0.4, -0.2) is 44.1 Å². The minimum Gasteiger partial charge on any atom is -0.410 e. The predicted octanol–water partition coefficient (Wildman–Crippen LogP) is 2.79. The summed E-state index contributed by atoms with van der Waals surface area (Å²) >= 11 is 5.58. The summed E-state index contributed by atoms with van der Waals surface area (Å²) in [4.78, 5) is 29.6. The van der Waals surface area contributed by atoms with E-state index >= 15 is 0 Å². The second-order valence-electron chi connectivity index (χ2n) is 5.94. The van der Waals surface area contributed by atoms with Crippen molar-refractivity contribution in [2.75, 3.05) is 26.0 Å². The summed E-state index contributed by atoms with van der Waals surface area (Å²) < 4.78 is 5.26. The van der Waals surface area contributed by atoms with Gasteiger partial charge >= 0.3 is 6.09 Å². The van der Waals surface area contributed by atoms with Gasteiger partial charge in [0.1, 0.15) is 11.8 Å². The van der Waals surface area contributed by atoms with E-state index in [1.807, 2.05) is 45.8 Å². The van der Waals surface area contributed by atoms with Crippen LogP contribution < -0.4 is 14.5 Å². The molecule has 0 aliphatic heterocycles. The second-order valence-corrected chi connectivity index (χ2v) is 6.16. The summed E-state index contributed by atoms with van der Waals surface area (Å²) in [6.45, 7) is 5.59. The Balaban J connectivity index is 2.83. The molecule has 23 heavy (non-hydrogen) atoms. The van der Waals surface area contributed by atoms with Crippen molar-refractivity contribution in [1.82, 2.24) is 9.74 Å².